The van der Waals surface area contributed by atoms with Crippen molar-refractivity contribution in [2.24, 2.45) is 0 Å². The molecule has 1 aromatic rings. The van der Waals surface area contributed by atoms with Gasteiger partial charge in [0.25, 0.3) is 0 Å². The number of carbonyl (C=O) groups is 1. The van der Waals surface area contributed by atoms with Gasteiger partial charge in [0.15, 0.2) is 0 Å². The van der Waals surface area contributed by atoms with Crippen molar-refractivity contribution < 1.29 is 9.53 Å². The third-order valence-electron chi connectivity index (χ3n) is 5.92. The quantitative estimate of drug-likeness (QED) is 0.796. The molecule has 0 aliphatic carbocycles. The molecule has 3 fully saturated rings. The lowest BCUT2D eigenvalue weighted by Crippen LogP contribution is -2.47. The van der Waals surface area contributed by atoms with E-state index in [1.54, 1.807) is 0 Å². The molecule has 27 heavy (non-hydrogen) atoms. The summed E-state index contributed by atoms with van der Waals surface area (Å²) in [7, 11) is 0. The number of amides is 1. The summed E-state index contributed by atoms with van der Waals surface area (Å²) in [5.74, 6) is 2.56. The van der Waals surface area contributed by atoms with E-state index in [4.69, 9.17) is 9.72 Å². The lowest BCUT2D eigenvalue weighted by atomic mass is 9.94. The van der Waals surface area contributed by atoms with Crippen LogP contribution in [0, 0.1) is 6.92 Å². The SMILES string of the molecule is Cc1nc(C2CCCN(CC(=O)N3CCOCC3)C2)cc(N2CCCC2)n1. The molecule has 148 valence electrons. The molecule has 0 radical (unpaired) electrons. The van der Waals surface area contributed by atoms with Gasteiger partial charge >= 0.3 is 0 Å². The Kier molecular flexibility index (Phi) is 5.88. The average molecular weight is 374 g/mol. The van der Waals surface area contributed by atoms with Crippen LogP contribution in [-0.4, -0.2) is 84.7 Å². The number of anilines is 1. The number of hydrogen-bond acceptors (Lipinski definition) is 6. The van der Waals surface area contributed by atoms with E-state index >= 15 is 0 Å². The Morgan fingerprint density at radius 1 is 1.11 bits per heavy atom. The molecule has 4 rings (SSSR count). The normalized spacial score (nSPS) is 24.4. The summed E-state index contributed by atoms with van der Waals surface area (Å²) in [6, 6.07) is 2.19. The maximum absolute atomic E-state index is 12.6. The van der Waals surface area contributed by atoms with Crippen LogP contribution in [0.2, 0.25) is 0 Å². The highest BCUT2D eigenvalue weighted by Crippen LogP contribution is 2.28. The zero-order chi connectivity index (χ0) is 18.6. The highest BCUT2D eigenvalue weighted by atomic mass is 16.5. The highest BCUT2D eigenvalue weighted by Gasteiger charge is 2.27. The van der Waals surface area contributed by atoms with Crippen molar-refractivity contribution in [2.75, 3.05) is 63.9 Å². The number of carbonyl (C=O) groups excluding carboxylic acids is 1. The molecule has 0 bridgehead atoms. The molecule has 1 amide bonds. The van der Waals surface area contributed by atoms with E-state index in [9.17, 15) is 4.79 Å². The minimum Gasteiger partial charge on any atom is -0.378 e. The number of hydrogen-bond donors (Lipinski definition) is 0. The van der Waals surface area contributed by atoms with Gasteiger partial charge in [-0.1, -0.05) is 0 Å². The lowest BCUT2D eigenvalue weighted by molar-refractivity contribution is -0.136. The molecule has 7 heteroatoms. The third kappa shape index (κ3) is 4.58. The average Bonchev–Trinajstić information content (AvgIpc) is 3.23. The zero-order valence-electron chi connectivity index (χ0n) is 16.4. The molecule has 0 N–H and O–H groups in total. The maximum Gasteiger partial charge on any atom is 0.236 e. The minimum atomic E-state index is 0.232. The summed E-state index contributed by atoms with van der Waals surface area (Å²) in [6.45, 7) is 9.37. The smallest absolute Gasteiger partial charge is 0.236 e. The van der Waals surface area contributed by atoms with Gasteiger partial charge < -0.3 is 14.5 Å². The van der Waals surface area contributed by atoms with Crippen molar-refractivity contribution in [2.45, 2.75) is 38.5 Å². The number of aryl methyl sites for hydroxylation is 1. The van der Waals surface area contributed by atoms with Gasteiger partial charge in [-0.15, -0.1) is 0 Å². The number of aromatic nitrogens is 2. The molecule has 7 nitrogen and oxygen atoms in total. The van der Waals surface area contributed by atoms with Gasteiger partial charge in [-0.05, 0) is 39.2 Å². The fourth-order valence-corrected chi connectivity index (χ4v) is 4.44. The second kappa shape index (κ2) is 8.52. The van der Waals surface area contributed by atoms with Crippen LogP contribution in [0.4, 0.5) is 5.82 Å². The standard InChI is InChI=1S/C20H31N5O2/c1-16-21-18(13-19(22-16)24-7-2-3-8-24)17-5-4-6-23(14-17)15-20(26)25-9-11-27-12-10-25/h13,17H,2-12,14-15H2,1H3. The molecular formula is C20H31N5O2. The van der Waals surface area contributed by atoms with Crippen molar-refractivity contribution in [3.8, 4) is 0 Å². The molecule has 1 atom stereocenters. The zero-order valence-corrected chi connectivity index (χ0v) is 16.4. The topological polar surface area (TPSA) is 61.8 Å². The molecule has 1 unspecified atom stereocenters. The molecule has 3 aliphatic rings. The van der Waals surface area contributed by atoms with Crippen LogP contribution in [0.25, 0.3) is 0 Å². The predicted molar refractivity (Wildman–Crippen MR) is 104 cm³/mol. The number of ether oxygens (including phenoxy) is 1. The van der Waals surface area contributed by atoms with Crippen molar-refractivity contribution in [1.82, 2.24) is 19.8 Å². The van der Waals surface area contributed by atoms with Gasteiger partial charge in [-0.2, -0.15) is 0 Å². The van der Waals surface area contributed by atoms with Crippen molar-refractivity contribution in [3.05, 3.63) is 17.6 Å². The first-order chi connectivity index (χ1) is 13.2. The van der Waals surface area contributed by atoms with Gasteiger partial charge in [0.05, 0.1) is 25.5 Å². The van der Waals surface area contributed by atoms with Gasteiger partial charge in [0.1, 0.15) is 11.6 Å². The van der Waals surface area contributed by atoms with Gasteiger partial charge in [-0.3, -0.25) is 9.69 Å². The molecule has 3 aliphatic heterocycles. The summed E-state index contributed by atoms with van der Waals surface area (Å²) in [4.78, 5) is 28.6. The summed E-state index contributed by atoms with van der Waals surface area (Å²) >= 11 is 0. The summed E-state index contributed by atoms with van der Waals surface area (Å²) in [5.41, 5.74) is 1.15. The van der Waals surface area contributed by atoms with Crippen LogP contribution in [0.3, 0.4) is 0 Å². The number of likely N-dealkylation sites (tertiary alicyclic amines) is 1. The Morgan fingerprint density at radius 2 is 1.89 bits per heavy atom. The van der Waals surface area contributed by atoms with Crippen LogP contribution in [0.1, 0.15) is 43.1 Å². The Labute approximate surface area is 161 Å². The largest absolute Gasteiger partial charge is 0.378 e. The van der Waals surface area contributed by atoms with Crippen LogP contribution < -0.4 is 4.90 Å². The molecule has 4 heterocycles. The molecular weight excluding hydrogens is 342 g/mol. The second-order valence-electron chi connectivity index (χ2n) is 7.96. The Morgan fingerprint density at radius 3 is 2.67 bits per heavy atom. The molecule has 0 aromatic carbocycles. The molecule has 0 saturated carbocycles. The van der Waals surface area contributed by atoms with Crippen molar-refractivity contribution >= 4 is 11.7 Å². The van der Waals surface area contributed by atoms with E-state index in [0.717, 1.165) is 69.4 Å². The van der Waals surface area contributed by atoms with Crippen LogP contribution in [-0.2, 0) is 9.53 Å². The second-order valence-corrected chi connectivity index (χ2v) is 7.96. The summed E-state index contributed by atoms with van der Waals surface area (Å²) in [6.07, 6.45) is 4.75. The van der Waals surface area contributed by atoms with Crippen LogP contribution in [0.5, 0.6) is 0 Å². The first-order valence-corrected chi connectivity index (χ1v) is 10.4. The Hall–Kier alpha value is -1.73. The fraction of sp³-hybridized carbons (Fsp3) is 0.750. The van der Waals surface area contributed by atoms with Crippen molar-refractivity contribution in [1.29, 1.82) is 0 Å². The fourth-order valence-electron chi connectivity index (χ4n) is 4.44. The number of rotatable bonds is 4. The molecule has 0 spiro atoms. The highest BCUT2D eigenvalue weighted by molar-refractivity contribution is 5.78. The van der Waals surface area contributed by atoms with E-state index < -0.39 is 0 Å². The maximum atomic E-state index is 12.6. The number of nitrogens with zero attached hydrogens (tertiary/aromatic N) is 5. The summed E-state index contributed by atoms with van der Waals surface area (Å²) in [5, 5.41) is 0. The number of piperidine rings is 1. The lowest BCUT2D eigenvalue weighted by Gasteiger charge is -2.34. The first kappa shape index (κ1) is 18.6. The van der Waals surface area contributed by atoms with E-state index in [0.29, 0.717) is 25.7 Å². The van der Waals surface area contributed by atoms with Crippen LogP contribution >= 0.6 is 0 Å². The minimum absolute atomic E-state index is 0.232. The van der Waals surface area contributed by atoms with E-state index in [1.165, 1.54) is 12.8 Å². The monoisotopic (exact) mass is 373 g/mol. The van der Waals surface area contributed by atoms with Crippen molar-refractivity contribution in [3.63, 3.8) is 0 Å². The first-order valence-electron chi connectivity index (χ1n) is 10.4. The van der Waals surface area contributed by atoms with E-state index in [-0.39, 0.29) is 5.91 Å². The third-order valence-corrected chi connectivity index (χ3v) is 5.92. The number of morpholine rings is 1. The van der Waals surface area contributed by atoms with Gasteiger partial charge in [-0.25, -0.2) is 9.97 Å². The van der Waals surface area contributed by atoms with E-state index in [1.807, 2.05) is 11.8 Å². The van der Waals surface area contributed by atoms with Crippen LogP contribution in [0.15, 0.2) is 6.07 Å². The Bertz CT molecular complexity index is 656. The Balaban J connectivity index is 1.41. The summed E-state index contributed by atoms with van der Waals surface area (Å²) < 4.78 is 5.35. The van der Waals surface area contributed by atoms with E-state index in [2.05, 4.69) is 20.9 Å². The van der Waals surface area contributed by atoms with Gasteiger partial charge in [0.2, 0.25) is 5.91 Å². The predicted octanol–water partition coefficient (Wildman–Crippen LogP) is 1.42. The molecule has 3 saturated heterocycles. The molecule has 1 aromatic heterocycles. The van der Waals surface area contributed by atoms with Gasteiger partial charge in [0, 0.05) is 44.7 Å².